The molecular formula is C17H25N3. The number of nitrogens with one attached hydrogen (secondary N) is 2. The minimum atomic E-state index is -0.109. The molecular weight excluding hydrogens is 246 g/mol. The second-order valence-corrected chi connectivity index (χ2v) is 3.96. The Labute approximate surface area is 122 Å². The molecule has 0 aliphatic rings. The van der Waals surface area contributed by atoms with Gasteiger partial charge in [0.2, 0.25) is 0 Å². The summed E-state index contributed by atoms with van der Waals surface area (Å²) >= 11 is 0. The molecule has 20 heavy (non-hydrogen) atoms. The van der Waals surface area contributed by atoms with Crippen LogP contribution in [-0.2, 0) is 0 Å². The van der Waals surface area contributed by atoms with Crippen molar-refractivity contribution in [2.24, 2.45) is 5.10 Å². The third kappa shape index (κ3) is 7.34. The summed E-state index contributed by atoms with van der Waals surface area (Å²) in [5, 5.41) is 7.12. The minimum absolute atomic E-state index is 0.109. The van der Waals surface area contributed by atoms with Crippen molar-refractivity contribution in [3.63, 3.8) is 0 Å². The summed E-state index contributed by atoms with van der Waals surface area (Å²) in [6, 6.07) is 0. The van der Waals surface area contributed by atoms with E-state index in [4.69, 9.17) is 0 Å². The predicted molar refractivity (Wildman–Crippen MR) is 90.7 cm³/mol. The zero-order valence-electron chi connectivity index (χ0n) is 12.5. The van der Waals surface area contributed by atoms with Crippen molar-refractivity contribution >= 4 is 6.72 Å². The third-order valence-electron chi connectivity index (χ3n) is 2.59. The molecule has 2 N–H and O–H groups in total. The maximum atomic E-state index is 3.81. The van der Waals surface area contributed by atoms with Gasteiger partial charge in [0.05, 0.1) is 0 Å². The molecule has 0 bridgehead atoms. The molecule has 0 aromatic carbocycles. The van der Waals surface area contributed by atoms with Gasteiger partial charge >= 0.3 is 0 Å². The van der Waals surface area contributed by atoms with Gasteiger partial charge in [0, 0.05) is 13.3 Å². The van der Waals surface area contributed by atoms with Crippen LogP contribution in [0.3, 0.4) is 0 Å². The van der Waals surface area contributed by atoms with Crippen LogP contribution in [0, 0.1) is 0 Å². The summed E-state index contributed by atoms with van der Waals surface area (Å²) in [5.41, 5.74) is 5.11. The Balaban J connectivity index is 4.84. The van der Waals surface area contributed by atoms with Crippen molar-refractivity contribution < 1.29 is 0 Å². The van der Waals surface area contributed by atoms with Crippen LogP contribution in [0.15, 0.2) is 78.0 Å². The highest BCUT2D eigenvalue weighted by Gasteiger charge is 2.09. The van der Waals surface area contributed by atoms with Crippen LogP contribution in [0.25, 0.3) is 0 Å². The number of nitrogens with zero attached hydrogens (tertiary/aromatic N) is 1. The molecule has 0 aromatic heterocycles. The van der Waals surface area contributed by atoms with E-state index in [1.807, 2.05) is 56.4 Å². The lowest BCUT2D eigenvalue weighted by Crippen LogP contribution is -2.41. The normalized spacial score (nSPS) is 14.5. The first-order chi connectivity index (χ1) is 9.73. The maximum absolute atomic E-state index is 3.81. The average molecular weight is 271 g/mol. The first-order valence-corrected chi connectivity index (χ1v) is 6.57. The molecule has 0 fully saturated rings. The van der Waals surface area contributed by atoms with Gasteiger partial charge in [-0.05, 0) is 25.0 Å². The Morgan fingerprint density at radius 1 is 1.25 bits per heavy atom. The summed E-state index contributed by atoms with van der Waals surface area (Å²) in [5.74, 6) is 0. The summed E-state index contributed by atoms with van der Waals surface area (Å²) in [7, 11) is 0. The van der Waals surface area contributed by atoms with Crippen LogP contribution >= 0.6 is 0 Å². The minimum Gasteiger partial charge on any atom is -0.289 e. The number of allylic oxidation sites excluding steroid dienone is 6. The number of hydrogen-bond donors (Lipinski definition) is 2. The molecule has 0 heterocycles. The molecule has 0 saturated heterocycles. The second kappa shape index (κ2) is 11.9. The largest absolute Gasteiger partial charge is 0.289 e. The average Bonchev–Trinajstić information content (AvgIpc) is 2.47. The van der Waals surface area contributed by atoms with Crippen molar-refractivity contribution in [2.75, 3.05) is 6.54 Å². The zero-order valence-corrected chi connectivity index (χ0v) is 12.5. The Morgan fingerprint density at radius 2 is 2.00 bits per heavy atom. The zero-order chi connectivity index (χ0) is 15.2. The topological polar surface area (TPSA) is 36.4 Å². The van der Waals surface area contributed by atoms with E-state index in [-0.39, 0.29) is 6.17 Å². The van der Waals surface area contributed by atoms with Crippen molar-refractivity contribution in [2.45, 2.75) is 20.0 Å². The highest BCUT2D eigenvalue weighted by atomic mass is 15.4. The lowest BCUT2D eigenvalue weighted by molar-refractivity contribution is 0.516. The molecule has 3 heteroatoms. The number of rotatable bonds is 10. The smallest absolute Gasteiger partial charge is 0.119 e. The fourth-order valence-electron chi connectivity index (χ4n) is 1.51. The Bertz CT molecular complexity index is 426. The molecule has 1 atom stereocenters. The van der Waals surface area contributed by atoms with Gasteiger partial charge in [-0.3, -0.25) is 10.7 Å². The van der Waals surface area contributed by atoms with E-state index in [2.05, 4.69) is 35.7 Å². The van der Waals surface area contributed by atoms with Crippen molar-refractivity contribution in [1.82, 2.24) is 10.7 Å². The van der Waals surface area contributed by atoms with E-state index < -0.39 is 0 Å². The quantitative estimate of drug-likeness (QED) is 0.276. The Morgan fingerprint density at radius 3 is 2.50 bits per heavy atom. The molecule has 0 aliphatic heterocycles. The van der Waals surface area contributed by atoms with Crippen LogP contribution in [0.4, 0.5) is 0 Å². The maximum Gasteiger partial charge on any atom is 0.119 e. The molecule has 0 spiro atoms. The van der Waals surface area contributed by atoms with Crippen molar-refractivity contribution in [1.29, 1.82) is 0 Å². The molecule has 0 amide bonds. The summed E-state index contributed by atoms with van der Waals surface area (Å²) in [6.45, 7) is 15.6. The molecule has 3 nitrogen and oxygen atoms in total. The van der Waals surface area contributed by atoms with E-state index in [9.17, 15) is 0 Å². The van der Waals surface area contributed by atoms with Gasteiger partial charge in [0.15, 0.2) is 0 Å². The summed E-state index contributed by atoms with van der Waals surface area (Å²) in [4.78, 5) is 0. The van der Waals surface area contributed by atoms with E-state index >= 15 is 0 Å². The van der Waals surface area contributed by atoms with Crippen molar-refractivity contribution in [3.05, 3.63) is 72.9 Å². The predicted octanol–water partition coefficient (Wildman–Crippen LogP) is 3.48. The first-order valence-electron chi connectivity index (χ1n) is 6.57. The second-order valence-electron chi connectivity index (χ2n) is 3.96. The Hall–Kier alpha value is -2.13. The molecule has 0 saturated carbocycles. The van der Waals surface area contributed by atoms with Gasteiger partial charge in [-0.1, -0.05) is 61.8 Å². The van der Waals surface area contributed by atoms with E-state index in [0.29, 0.717) is 6.54 Å². The fraction of sp³-hybridized carbons (Fsp3) is 0.235. The first kappa shape index (κ1) is 17.9. The van der Waals surface area contributed by atoms with E-state index in [0.717, 1.165) is 11.1 Å². The highest BCUT2D eigenvalue weighted by Crippen LogP contribution is 2.04. The molecule has 0 aliphatic carbocycles. The lowest BCUT2D eigenvalue weighted by Gasteiger charge is -2.19. The van der Waals surface area contributed by atoms with Crippen LogP contribution < -0.4 is 10.7 Å². The van der Waals surface area contributed by atoms with Crippen molar-refractivity contribution in [3.8, 4) is 0 Å². The van der Waals surface area contributed by atoms with Gasteiger partial charge in [-0.25, -0.2) is 0 Å². The van der Waals surface area contributed by atoms with E-state index in [1.54, 1.807) is 6.08 Å². The highest BCUT2D eigenvalue weighted by molar-refractivity contribution is 5.29. The fourth-order valence-corrected chi connectivity index (χ4v) is 1.51. The van der Waals surface area contributed by atoms with Gasteiger partial charge in [0.1, 0.15) is 6.17 Å². The van der Waals surface area contributed by atoms with Gasteiger partial charge in [-0.2, -0.15) is 5.10 Å². The van der Waals surface area contributed by atoms with Crippen LogP contribution in [0.5, 0.6) is 0 Å². The number of hydrogen-bond acceptors (Lipinski definition) is 3. The lowest BCUT2D eigenvalue weighted by atomic mass is 10.1. The molecule has 0 radical (unpaired) electrons. The summed E-state index contributed by atoms with van der Waals surface area (Å²) in [6.07, 6.45) is 15.3. The van der Waals surface area contributed by atoms with E-state index in [1.165, 1.54) is 0 Å². The van der Waals surface area contributed by atoms with Gasteiger partial charge in [0.25, 0.3) is 0 Å². The standard InChI is InChI=1S/C17H25N3/c1-6-10-12-15(8-3)14-19-17(20-18-5)16(9-4)13-11-7-2/h6-13,17,19-20H,2-3,5,14H2,1,4H3/b10-6-,13-11-,15-12+,16-9+. The van der Waals surface area contributed by atoms with Crippen LogP contribution in [0.2, 0.25) is 0 Å². The molecule has 1 unspecified atom stereocenters. The summed E-state index contributed by atoms with van der Waals surface area (Å²) < 4.78 is 0. The van der Waals surface area contributed by atoms with Gasteiger partial charge in [-0.15, -0.1) is 0 Å². The molecule has 0 aromatic rings. The Kier molecular flexibility index (Phi) is 10.7. The monoisotopic (exact) mass is 271 g/mol. The molecule has 108 valence electrons. The number of hydrazone groups is 1. The third-order valence-corrected chi connectivity index (χ3v) is 2.59. The van der Waals surface area contributed by atoms with Gasteiger partial charge < -0.3 is 0 Å². The van der Waals surface area contributed by atoms with Crippen LogP contribution in [-0.4, -0.2) is 19.4 Å². The van der Waals surface area contributed by atoms with Crippen LogP contribution in [0.1, 0.15) is 13.8 Å². The SMILES string of the molecule is C=C/C=C\C(=C/C)C(NC/C(C=C)=C/C=C\C)NN=C. The molecule has 0 rings (SSSR count).